The molecule has 6 nitrogen and oxygen atoms in total. The summed E-state index contributed by atoms with van der Waals surface area (Å²) in [5, 5.41) is 13.4. The van der Waals surface area contributed by atoms with E-state index in [1.54, 1.807) is 17.1 Å². The van der Waals surface area contributed by atoms with Crippen LogP contribution in [-0.2, 0) is 0 Å². The fourth-order valence-electron chi connectivity index (χ4n) is 1.56. The molecule has 0 saturated carbocycles. The first kappa shape index (κ1) is 16.5. The number of rotatable bonds is 6. The Morgan fingerprint density at radius 2 is 2.00 bits per heavy atom. The maximum Gasteiger partial charge on any atom is 0.270 e. The average molecular weight is 305 g/mol. The van der Waals surface area contributed by atoms with E-state index in [1.165, 1.54) is 24.3 Å². The SMILES string of the molecule is C=CCN(CC=C)C(=S)NC(=O)c1cccc([N+](=O)[O-])c1. The monoisotopic (exact) mass is 305 g/mol. The molecule has 0 bridgehead atoms. The highest BCUT2D eigenvalue weighted by molar-refractivity contribution is 7.80. The molecule has 0 aromatic heterocycles. The summed E-state index contributed by atoms with van der Waals surface area (Å²) >= 11 is 5.13. The number of non-ortho nitro benzene ring substituents is 1. The van der Waals surface area contributed by atoms with Crippen LogP contribution in [0.4, 0.5) is 5.69 Å². The van der Waals surface area contributed by atoms with Crippen LogP contribution in [0.2, 0.25) is 0 Å². The minimum Gasteiger partial charge on any atom is -0.342 e. The highest BCUT2D eigenvalue weighted by atomic mass is 32.1. The second kappa shape index (κ2) is 7.91. The summed E-state index contributed by atoms with van der Waals surface area (Å²) in [7, 11) is 0. The molecule has 0 unspecified atom stereocenters. The van der Waals surface area contributed by atoms with Crippen LogP contribution < -0.4 is 5.32 Å². The number of benzene rings is 1. The maximum atomic E-state index is 12.0. The minimum atomic E-state index is -0.559. The van der Waals surface area contributed by atoms with Crippen LogP contribution >= 0.6 is 12.2 Å². The fourth-order valence-corrected chi connectivity index (χ4v) is 1.80. The smallest absolute Gasteiger partial charge is 0.270 e. The van der Waals surface area contributed by atoms with Gasteiger partial charge in [0, 0.05) is 30.8 Å². The molecule has 1 aromatic rings. The van der Waals surface area contributed by atoms with Crippen LogP contribution in [0.3, 0.4) is 0 Å². The van der Waals surface area contributed by atoms with Crippen LogP contribution in [0.15, 0.2) is 49.6 Å². The predicted octanol–water partition coefficient (Wildman–Crippen LogP) is 2.28. The van der Waals surface area contributed by atoms with E-state index in [-0.39, 0.29) is 16.4 Å². The number of hydrogen-bond acceptors (Lipinski definition) is 4. The van der Waals surface area contributed by atoms with Gasteiger partial charge in [-0.3, -0.25) is 20.2 Å². The van der Waals surface area contributed by atoms with E-state index in [0.29, 0.717) is 13.1 Å². The molecule has 0 spiro atoms. The third kappa shape index (κ3) is 4.81. The van der Waals surface area contributed by atoms with Crippen molar-refractivity contribution in [2.45, 2.75) is 0 Å². The molecule has 0 aliphatic rings. The van der Waals surface area contributed by atoms with Gasteiger partial charge in [0.05, 0.1) is 4.92 Å². The summed E-state index contributed by atoms with van der Waals surface area (Å²) in [5.74, 6) is -0.498. The van der Waals surface area contributed by atoms with Gasteiger partial charge in [0.1, 0.15) is 0 Å². The van der Waals surface area contributed by atoms with E-state index in [1.807, 2.05) is 0 Å². The summed E-state index contributed by atoms with van der Waals surface area (Å²) in [4.78, 5) is 23.9. The predicted molar refractivity (Wildman–Crippen MR) is 85.1 cm³/mol. The van der Waals surface area contributed by atoms with Crippen molar-refractivity contribution in [2.75, 3.05) is 13.1 Å². The molecular formula is C14H15N3O3S. The minimum absolute atomic E-state index is 0.150. The van der Waals surface area contributed by atoms with Crippen molar-refractivity contribution in [3.8, 4) is 0 Å². The van der Waals surface area contributed by atoms with E-state index in [4.69, 9.17) is 12.2 Å². The number of nitro groups is 1. The Hall–Kier alpha value is -2.54. The fraction of sp³-hybridized carbons (Fsp3) is 0.143. The van der Waals surface area contributed by atoms with Gasteiger partial charge in [0.2, 0.25) is 0 Å². The van der Waals surface area contributed by atoms with Crippen molar-refractivity contribution in [1.82, 2.24) is 10.2 Å². The van der Waals surface area contributed by atoms with Crippen LogP contribution in [0.25, 0.3) is 0 Å². The highest BCUT2D eigenvalue weighted by Gasteiger charge is 2.14. The summed E-state index contributed by atoms with van der Waals surface area (Å²) in [6.07, 6.45) is 3.30. The molecule has 1 amide bonds. The normalized spacial score (nSPS) is 9.52. The zero-order valence-corrected chi connectivity index (χ0v) is 12.1. The van der Waals surface area contributed by atoms with Gasteiger partial charge in [-0.25, -0.2) is 0 Å². The quantitative estimate of drug-likeness (QED) is 0.378. The molecule has 0 saturated heterocycles. The standard InChI is InChI=1S/C14H15N3O3S/c1-3-8-16(9-4-2)14(21)15-13(18)11-6-5-7-12(10-11)17(19)20/h3-7,10H,1-2,8-9H2,(H,15,18,21). The van der Waals surface area contributed by atoms with Crippen LogP contribution in [0, 0.1) is 10.1 Å². The van der Waals surface area contributed by atoms with Crippen molar-refractivity contribution in [3.05, 3.63) is 65.3 Å². The van der Waals surface area contributed by atoms with Crippen LogP contribution in [0.5, 0.6) is 0 Å². The van der Waals surface area contributed by atoms with Gasteiger partial charge in [0.25, 0.3) is 11.6 Å². The van der Waals surface area contributed by atoms with Crippen molar-refractivity contribution in [1.29, 1.82) is 0 Å². The number of hydrogen-bond donors (Lipinski definition) is 1. The molecule has 0 heterocycles. The lowest BCUT2D eigenvalue weighted by atomic mass is 10.2. The Morgan fingerprint density at radius 1 is 1.38 bits per heavy atom. The molecule has 0 aliphatic carbocycles. The molecule has 0 atom stereocenters. The Labute approximate surface area is 127 Å². The van der Waals surface area contributed by atoms with E-state index in [0.717, 1.165) is 0 Å². The Kier molecular flexibility index (Phi) is 6.22. The zero-order valence-electron chi connectivity index (χ0n) is 11.3. The number of thiocarbonyl (C=S) groups is 1. The number of nitrogens with zero attached hydrogens (tertiary/aromatic N) is 2. The number of amides is 1. The molecular weight excluding hydrogens is 290 g/mol. The Bertz CT molecular complexity index is 577. The molecule has 7 heteroatoms. The molecule has 1 N–H and O–H groups in total. The summed E-state index contributed by atoms with van der Waals surface area (Å²) in [5.41, 5.74) is 0.0197. The number of nitrogens with one attached hydrogen (secondary N) is 1. The van der Waals surface area contributed by atoms with Gasteiger partial charge in [-0.05, 0) is 18.3 Å². The lowest BCUT2D eigenvalue weighted by Gasteiger charge is -2.22. The molecule has 0 fully saturated rings. The first-order chi connectivity index (χ1) is 9.99. The van der Waals surface area contributed by atoms with Crippen molar-refractivity contribution in [2.24, 2.45) is 0 Å². The number of nitro benzene ring substituents is 1. The van der Waals surface area contributed by atoms with Crippen LogP contribution in [0.1, 0.15) is 10.4 Å². The second-order valence-electron chi connectivity index (χ2n) is 4.05. The lowest BCUT2D eigenvalue weighted by Crippen LogP contribution is -2.42. The van der Waals surface area contributed by atoms with Crippen LogP contribution in [-0.4, -0.2) is 33.9 Å². The third-order valence-electron chi connectivity index (χ3n) is 2.53. The van der Waals surface area contributed by atoms with Gasteiger partial charge in [0.15, 0.2) is 5.11 Å². The van der Waals surface area contributed by atoms with Gasteiger partial charge < -0.3 is 4.90 Å². The average Bonchev–Trinajstić information content (AvgIpc) is 2.47. The van der Waals surface area contributed by atoms with Gasteiger partial charge in [-0.15, -0.1) is 13.2 Å². The Balaban J connectivity index is 2.82. The van der Waals surface area contributed by atoms with Gasteiger partial charge in [-0.1, -0.05) is 18.2 Å². The Morgan fingerprint density at radius 3 is 2.52 bits per heavy atom. The zero-order chi connectivity index (χ0) is 15.8. The molecule has 21 heavy (non-hydrogen) atoms. The molecule has 0 radical (unpaired) electrons. The van der Waals surface area contributed by atoms with Gasteiger partial charge >= 0.3 is 0 Å². The highest BCUT2D eigenvalue weighted by Crippen LogP contribution is 2.13. The number of carbonyl (C=O) groups excluding carboxylic acids is 1. The first-order valence-corrected chi connectivity index (χ1v) is 6.47. The summed E-state index contributed by atoms with van der Waals surface area (Å²) in [6, 6.07) is 5.44. The first-order valence-electron chi connectivity index (χ1n) is 6.06. The summed E-state index contributed by atoms with van der Waals surface area (Å²) < 4.78 is 0. The van der Waals surface area contributed by atoms with Gasteiger partial charge in [-0.2, -0.15) is 0 Å². The largest absolute Gasteiger partial charge is 0.342 e. The van der Waals surface area contributed by atoms with E-state index in [2.05, 4.69) is 18.5 Å². The molecule has 1 rings (SSSR count). The topological polar surface area (TPSA) is 75.5 Å². The lowest BCUT2D eigenvalue weighted by molar-refractivity contribution is -0.384. The molecule has 110 valence electrons. The van der Waals surface area contributed by atoms with E-state index < -0.39 is 10.8 Å². The maximum absolute atomic E-state index is 12.0. The summed E-state index contributed by atoms with van der Waals surface area (Å²) in [6.45, 7) is 8.14. The van der Waals surface area contributed by atoms with E-state index >= 15 is 0 Å². The second-order valence-corrected chi connectivity index (χ2v) is 4.44. The third-order valence-corrected chi connectivity index (χ3v) is 2.89. The van der Waals surface area contributed by atoms with Crippen molar-refractivity contribution >= 4 is 28.9 Å². The van der Waals surface area contributed by atoms with E-state index in [9.17, 15) is 14.9 Å². The number of carbonyl (C=O) groups is 1. The molecule has 0 aliphatic heterocycles. The van der Waals surface area contributed by atoms with Crippen molar-refractivity contribution in [3.63, 3.8) is 0 Å². The molecule has 1 aromatic carbocycles. The van der Waals surface area contributed by atoms with Crippen molar-refractivity contribution < 1.29 is 9.72 Å².